The molecule has 3 nitrogen and oxygen atoms in total. The molecule has 0 amide bonds. The number of hydrogen-bond donors (Lipinski definition) is 0. The van der Waals surface area contributed by atoms with Crippen LogP contribution < -0.4 is 14.2 Å². The Labute approximate surface area is 233 Å². The van der Waals surface area contributed by atoms with Gasteiger partial charge in [-0.2, -0.15) is 0 Å². The van der Waals surface area contributed by atoms with Crippen LogP contribution in [0.5, 0.6) is 17.2 Å². The van der Waals surface area contributed by atoms with E-state index in [0.29, 0.717) is 35.8 Å². The van der Waals surface area contributed by atoms with Crippen LogP contribution in [0.15, 0.2) is 91.5 Å². The lowest BCUT2D eigenvalue weighted by Crippen LogP contribution is -2.00. The molecular weight excluding hydrogens is 513 g/mol. The Balaban J connectivity index is 1.38. The van der Waals surface area contributed by atoms with E-state index in [9.17, 15) is 4.39 Å². The Morgan fingerprint density at radius 1 is 0.675 bits per heavy atom. The van der Waals surface area contributed by atoms with E-state index in [0.717, 1.165) is 31.2 Å². The fourth-order valence-electron chi connectivity index (χ4n) is 4.11. The molecule has 0 saturated heterocycles. The Morgan fingerprint density at radius 3 is 1.85 bits per heavy atom. The van der Waals surface area contributed by atoms with E-state index < -0.39 is 17.5 Å². The fourth-order valence-corrected chi connectivity index (χ4v) is 4.11. The molecule has 0 unspecified atom stereocenters. The molecule has 0 N–H and O–H groups in total. The first kappa shape index (κ1) is 28.8. The number of halogens is 3. The van der Waals surface area contributed by atoms with Crippen molar-refractivity contribution in [3.63, 3.8) is 0 Å². The number of ether oxygens (including phenoxy) is 3. The summed E-state index contributed by atoms with van der Waals surface area (Å²) >= 11 is 0. The van der Waals surface area contributed by atoms with Crippen LogP contribution in [0, 0.1) is 17.5 Å². The molecule has 4 aromatic carbocycles. The van der Waals surface area contributed by atoms with Crippen LogP contribution in [0.2, 0.25) is 0 Å². The van der Waals surface area contributed by atoms with Crippen molar-refractivity contribution >= 4 is 0 Å². The van der Waals surface area contributed by atoms with Crippen LogP contribution in [0.3, 0.4) is 0 Å². The van der Waals surface area contributed by atoms with Crippen LogP contribution >= 0.6 is 0 Å². The number of allylic oxidation sites excluding steroid dienone is 1. The summed E-state index contributed by atoms with van der Waals surface area (Å²) in [5.41, 5.74) is 2.18. The van der Waals surface area contributed by atoms with E-state index in [4.69, 9.17) is 14.2 Å². The van der Waals surface area contributed by atoms with Gasteiger partial charge >= 0.3 is 0 Å². The second kappa shape index (κ2) is 14.3. The minimum absolute atomic E-state index is 0.103. The zero-order valence-corrected chi connectivity index (χ0v) is 22.6. The minimum Gasteiger partial charge on any atom is -0.494 e. The Hall–Kier alpha value is -4.19. The molecule has 6 heteroatoms. The molecule has 0 aromatic heterocycles. The van der Waals surface area contributed by atoms with Crippen LogP contribution in [0.4, 0.5) is 13.2 Å². The highest BCUT2D eigenvalue weighted by Gasteiger charge is 2.16. The van der Waals surface area contributed by atoms with Crippen molar-refractivity contribution in [2.24, 2.45) is 0 Å². The third-order valence-electron chi connectivity index (χ3n) is 6.40. The number of unbranched alkanes of at least 4 members (excludes halogenated alkanes) is 2. The quantitative estimate of drug-likeness (QED) is 0.116. The van der Waals surface area contributed by atoms with Crippen molar-refractivity contribution in [1.29, 1.82) is 0 Å². The van der Waals surface area contributed by atoms with Gasteiger partial charge in [0.15, 0.2) is 23.2 Å². The lowest BCUT2D eigenvalue weighted by atomic mass is 9.98. The van der Waals surface area contributed by atoms with E-state index in [-0.39, 0.29) is 23.5 Å². The average Bonchev–Trinajstić information content (AvgIpc) is 2.97. The van der Waals surface area contributed by atoms with Gasteiger partial charge in [0.05, 0.1) is 13.2 Å². The second-order valence-electron chi connectivity index (χ2n) is 9.37. The van der Waals surface area contributed by atoms with Crippen molar-refractivity contribution in [2.75, 3.05) is 13.2 Å². The molecule has 0 saturated carbocycles. The molecule has 0 atom stereocenters. The van der Waals surface area contributed by atoms with Crippen LogP contribution in [0.1, 0.15) is 38.2 Å². The van der Waals surface area contributed by atoms with Gasteiger partial charge in [-0.15, -0.1) is 6.58 Å². The van der Waals surface area contributed by atoms with Crippen molar-refractivity contribution in [2.45, 2.75) is 39.2 Å². The van der Waals surface area contributed by atoms with Crippen LogP contribution in [-0.4, -0.2) is 13.2 Å². The molecule has 0 bridgehead atoms. The van der Waals surface area contributed by atoms with Crippen molar-refractivity contribution < 1.29 is 27.4 Å². The van der Waals surface area contributed by atoms with Crippen molar-refractivity contribution in [3.8, 4) is 39.5 Å². The van der Waals surface area contributed by atoms with Gasteiger partial charge in [0.2, 0.25) is 0 Å². The lowest BCUT2D eigenvalue weighted by molar-refractivity contribution is 0.284. The number of rotatable bonds is 14. The summed E-state index contributed by atoms with van der Waals surface area (Å²) in [4.78, 5) is 0. The molecule has 208 valence electrons. The Bertz CT molecular complexity index is 1400. The first-order valence-corrected chi connectivity index (χ1v) is 13.5. The summed E-state index contributed by atoms with van der Waals surface area (Å²) in [7, 11) is 0. The van der Waals surface area contributed by atoms with E-state index in [2.05, 4.69) is 13.5 Å². The first-order chi connectivity index (χ1) is 19.5. The monoisotopic (exact) mass is 546 g/mol. The standard InChI is InChI=1S/C34H33F3O3/c1-3-5-7-21-39-28-16-19-32(31(35)22-28)40-23-24-8-10-25(11-9-24)29-17-18-30(34(37)33(29)36)26-12-14-27(15-13-26)38-20-6-4-2/h3,8-19,22H,1,4-7,20-21,23H2,2H3. The SMILES string of the molecule is C=CCCCOc1ccc(OCc2ccc(-c3ccc(-c4ccc(OCCCC)cc4)c(F)c3F)cc2)c(F)c1. The van der Waals surface area contributed by atoms with Gasteiger partial charge in [-0.1, -0.05) is 68.0 Å². The Morgan fingerprint density at radius 2 is 1.25 bits per heavy atom. The predicted octanol–water partition coefficient (Wildman–Crippen LogP) is 9.54. The molecule has 0 aliphatic carbocycles. The molecule has 0 fully saturated rings. The highest BCUT2D eigenvalue weighted by atomic mass is 19.2. The third-order valence-corrected chi connectivity index (χ3v) is 6.40. The fraction of sp³-hybridized carbons (Fsp3) is 0.235. The summed E-state index contributed by atoms with van der Waals surface area (Å²) < 4.78 is 61.4. The van der Waals surface area contributed by atoms with Gasteiger partial charge in [-0.05, 0) is 60.2 Å². The molecule has 0 aliphatic heterocycles. The molecule has 40 heavy (non-hydrogen) atoms. The van der Waals surface area contributed by atoms with E-state index >= 15 is 8.78 Å². The van der Waals surface area contributed by atoms with Gasteiger partial charge in [0.1, 0.15) is 18.1 Å². The number of hydrogen-bond acceptors (Lipinski definition) is 3. The van der Waals surface area contributed by atoms with Crippen molar-refractivity contribution in [3.05, 3.63) is 115 Å². The molecular formula is C34H33F3O3. The summed E-state index contributed by atoms with van der Waals surface area (Å²) in [6, 6.07) is 21.5. The van der Waals surface area contributed by atoms with Gasteiger partial charge in [0.25, 0.3) is 0 Å². The normalized spacial score (nSPS) is 10.8. The Kier molecular flexibility index (Phi) is 10.3. The van der Waals surface area contributed by atoms with E-state index in [1.165, 1.54) is 12.1 Å². The van der Waals surface area contributed by atoms with Gasteiger partial charge in [0, 0.05) is 17.2 Å². The van der Waals surface area contributed by atoms with E-state index in [1.807, 2.05) is 6.08 Å². The maximum atomic E-state index is 15.1. The highest BCUT2D eigenvalue weighted by Crippen LogP contribution is 2.32. The van der Waals surface area contributed by atoms with Crippen LogP contribution in [-0.2, 0) is 6.61 Å². The number of benzene rings is 4. The molecule has 4 rings (SSSR count). The lowest BCUT2D eigenvalue weighted by Gasteiger charge is -2.12. The summed E-state index contributed by atoms with van der Waals surface area (Å²) in [6.07, 6.45) is 5.44. The molecule has 0 spiro atoms. The largest absolute Gasteiger partial charge is 0.494 e. The topological polar surface area (TPSA) is 27.7 Å². The summed E-state index contributed by atoms with van der Waals surface area (Å²) in [5.74, 6) is -1.11. The van der Waals surface area contributed by atoms with Gasteiger partial charge in [-0.25, -0.2) is 13.2 Å². The maximum absolute atomic E-state index is 15.1. The molecule has 4 aromatic rings. The minimum atomic E-state index is -0.918. The highest BCUT2D eigenvalue weighted by molar-refractivity contribution is 5.72. The molecule has 0 heterocycles. The first-order valence-electron chi connectivity index (χ1n) is 13.5. The molecule has 0 radical (unpaired) electrons. The maximum Gasteiger partial charge on any atom is 0.168 e. The van der Waals surface area contributed by atoms with E-state index in [1.54, 1.807) is 66.7 Å². The summed E-state index contributed by atoms with van der Waals surface area (Å²) in [6.45, 7) is 6.96. The predicted molar refractivity (Wildman–Crippen MR) is 153 cm³/mol. The van der Waals surface area contributed by atoms with Gasteiger partial charge in [-0.3, -0.25) is 0 Å². The smallest absolute Gasteiger partial charge is 0.168 e. The molecule has 0 aliphatic rings. The average molecular weight is 547 g/mol. The van der Waals surface area contributed by atoms with Gasteiger partial charge < -0.3 is 14.2 Å². The zero-order valence-electron chi connectivity index (χ0n) is 22.6. The van der Waals surface area contributed by atoms with Crippen LogP contribution in [0.25, 0.3) is 22.3 Å². The third kappa shape index (κ3) is 7.47. The zero-order chi connectivity index (χ0) is 28.3. The second-order valence-corrected chi connectivity index (χ2v) is 9.37. The summed E-state index contributed by atoms with van der Waals surface area (Å²) in [5, 5.41) is 0. The van der Waals surface area contributed by atoms with Crippen molar-refractivity contribution in [1.82, 2.24) is 0 Å².